The van der Waals surface area contributed by atoms with Crippen LogP contribution in [0.2, 0.25) is 0 Å². The maximum Gasteiger partial charge on any atom is 0.437 e. The van der Waals surface area contributed by atoms with Crippen LogP contribution in [-0.2, 0) is 16.1 Å². The van der Waals surface area contributed by atoms with E-state index >= 15 is 0 Å². The molecule has 1 aliphatic heterocycles. The minimum Gasteiger partial charge on any atom is -0.460 e. The molecule has 0 bridgehead atoms. The van der Waals surface area contributed by atoms with Gasteiger partial charge >= 0.3 is 12.1 Å². The van der Waals surface area contributed by atoms with Crippen molar-refractivity contribution in [3.8, 4) is 17.1 Å². The van der Waals surface area contributed by atoms with Gasteiger partial charge in [0.05, 0.1) is 0 Å². The molecule has 4 N–H and O–H groups in total. The normalized spacial score (nSPS) is 14.1. The molecule has 0 unspecified atom stereocenters. The minimum absolute atomic E-state index is 0.0503. The molecule has 1 aromatic carbocycles. The lowest BCUT2D eigenvalue weighted by Crippen LogP contribution is -2.40. The summed E-state index contributed by atoms with van der Waals surface area (Å²) in [5, 5.41) is 0. The third kappa shape index (κ3) is 5.87. The molecular weight excluding hydrogens is 407 g/mol. The zero-order valence-electron chi connectivity index (χ0n) is 17.0. The zero-order valence-corrected chi connectivity index (χ0v) is 17.0. The second-order valence-electron chi connectivity index (χ2n) is 6.95. The number of hydrogen-bond donors (Lipinski definition) is 2. The van der Waals surface area contributed by atoms with Crippen LogP contribution in [0.5, 0.6) is 6.01 Å². The molecule has 2 heterocycles. The molecule has 10 nitrogen and oxygen atoms in total. The molecule has 0 spiro atoms. The molecule has 1 saturated heterocycles. The van der Waals surface area contributed by atoms with Gasteiger partial charge in [-0.25, -0.2) is 19.2 Å². The molecule has 164 valence electrons. The Morgan fingerprint density at radius 1 is 1.23 bits per heavy atom. The van der Waals surface area contributed by atoms with E-state index in [4.69, 9.17) is 20.9 Å². The fraction of sp³-hybridized carbons (Fsp3) is 0.350. The van der Waals surface area contributed by atoms with Crippen LogP contribution in [-0.4, -0.2) is 52.0 Å². The first-order valence-corrected chi connectivity index (χ1v) is 9.62. The summed E-state index contributed by atoms with van der Waals surface area (Å²) in [4.78, 5) is 36.1. The molecule has 31 heavy (non-hydrogen) atoms. The molecule has 0 radical (unpaired) electrons. The third-order valence-electron chi connectivity index (χ3n) is 4.75. The number of guanidine groups is 1. The van der Waals surface area contributed by atoms with Crippen LogP contribution in [0.1, 0.15) is 25.3 Å². The van der Waals surface area contributed by atoms with E-state index in [0.717, 1.165) is 0 Å². The first kappa shape index (κ1) is 21.9. The Balaban J connectivity index is 1.64. The number of likely N-dealkylation sites (tertiary alicyclic amines) is 1. The maximum atomic E-state index is 14.9. The number of amides is 2. The Labute approximate surface area is 178 Å². The molecule has 2 aromatic rings. The SMILES string of the molecule is CC(=O)N1CCC(Oc2ncc(-c3cccc(COC(=O)N=C(N)N)c3F)cn2)CC1. The summed E-state index contributed by atoms with van der Waals surface area (Å²) >= 11 is 0. The van der Waals surface area contributed by atoms with E-state index in [9.17, 15) is 14.0 Å². The second-order valence-corrected chi connectivity index (χ2v) is 6.95. The van der Waals surface area contributed by atoms with Crippen LogP contribution in [0.15, 0.2) is 35.6 Å². The number of aliphatic imine (C=N–C) groups is 1. The minimum atomic E-state index is -1.01. The number of piperidine rings is 1. The standard InChI is InChI=1S/C20H23FN6O4/c1-12(28)27-7-5-15(6-8-27)31-19-24-9-14(10-25-19)16-4-2-3-13(17(16)21)11-30-20(29)26-18(22)23/h2-4,9-10,15H,5-8,11H2,1H3,(H4,22,23,26,29). The number of ether oxygens (including phenoxy) is 2. The van der Waals surface area contributed by atoms with E-state index in [1.807, 2.05) is 0 Å². The molecule has 0 saturated carbocycles. The van der Waals surface area contributed by atoms with Crippen LogP contribution in [0.25, 0.3) is 11.1 Å². The van der Waals surface area contributed by atoms with Gasteiger partial charge in [0.2, 0.25) is 5.91 Å². The Morgan fingerprint density at radius 3 is 2.52 bits per heavy atom. The Bertz CT molecular complexity index is 970. The second kappa shape index (κ2) is 9.83. The number of nitrogens with zero attached hydrogens (tertiary/aromatic N) is 4. The van der Waals surface area contributed by atoms with Gasteiger partial charge in [0, 0.05) is 61.9 Å². The summed E-state index contributed by atoms with van der Waals surface area (Å²) in [5.74, 6) is -0.966. The van der Waals surface area contributed by atoms with E-state index in [0.29, 0.717) is 31.5 Å². The number of aromatic nitrogens is 2. The van der Waals surface area contributed by atoms with Crippen molar-refractivity contribution < 1.29 is 23.5 Å². The molecule has 1 fully saturated rings. The summed E-state index contributed by atoms with van der Waals surface area (Å²) in [7, 11) is 0. The van der Waals surface area contributed by atoms with Crippen molar-refractivity contribution in [2.45, 2.75) is 32.5 Å². The molecule has 1 aliphatic rings. The monoisotopic (exact) mass is 430 g/mol. The highest BCUT2D eigenvalue weighted by Gasteiger charge is 2.22. The van der Waals surface area contributed by atoms with Crippen LogP contribution in [0.4, 0.5) is 9.18 Å². The molecular formula is C20H23FN6O4. The number of nitrogens with two attached hydrogens (primary N) is 2. The highest BCUT2D eigenvalue weighted by molar-refractivity contribution is 5.87. The number of carbonyl (C=O) groups excluding carboxylic acids is 2. The predicted octanol–water partition coefficient (Wildman–Crippen LogP) is 1.58. The highest BCUT2D eigenvalue weighted by Crippen LogP contribution is 2.25. The van der Waals surface area contributed by atoms with Crippen molar-refractivity contribution in [3.05, 3.63) is 42.0 Å². The lowest BCUT2D eigenvalue weighted by atomic mass is 10.1. The molecule has 3 rings (SSSR count). The number of benzene rings is 1. The molecule has 2 amide bonds. The van der Waals surface area contributed by atoms with Gasteiger partial charge in [0.15, 0.2) is 5.96 Å². The van der Waals surface area contributed by atoms with Gasteiger partial charge in [0.1, 0.15) is 18.5 Å². The van der Waals surface area contributed by atoms with Crippen molar-refractivity contribution in [1.29, 1.82) is 0 Å². The van der Waals surface area contributed by atoms with E-state index in [1.54, 1.807) is 24.0 Å². The van der Waals surface area contributed by atoms with Gasteiger partial charge in [-0.05, 0) is 0 Å². The van der Waals surface area contributed by atoms with E-state index in [2.05, 4.69) is 15.0 Å². The molecule has 0 aliphatic carbocycles. The van der Waals surface area contributed by atoms with Gasteiger partial charge in [-0.1, -0.05) is 18.2 Å². The average Bonchev–Trinajstić information content (AvgIpc) is 2.73. The lowest BCUT2D eigenvalue weighted by molar-refractivity contribution is -0.130. The van der Waals surface area contributed by atoms with Crippen LogP contribution in [0, 0.1) is 5.82 Å². The van der Waals surface area contributed by atoms with Gasteiger partial charge in [0.25, 0.3) is 0 Å². The average molecular weight is 430 g/mol. The van der Waals surface area contributed by atoms with Crippen molar-refractivity contribution in [2.24, 2.45) is 16.5 Å². The summed E-state index contributed by atoms with van der Waals surface area (Å²) in [6.45, 7) is 2.47. The van der Waals surface area contributed by atoms with Crippen LogP contribution < -0.4 is 16.2 Å². The van der Waals surface area contributed by atoms with E-state index in [1.165, 1.54) is 18.5 Å². The van der Waals surface area contributed by atoms with Gasteiger partial charge in [-0.15, -0.1) is 4.99 Å². The number of halogens is 1. The smallest absolute Gasteiger partial charge is 0.437 e. The zero-order chi connectivity index (χ0) is 22.4. The Kier molecular flexibility index (Phi) is 6.96. The topological polar surface area (TPSA) is 146 Å². The number of rotatable bonds is 5. The Hall–Kier alpha value is -3.76. The number of hydrogen-bond acceptors (Lipinski definition) is 6. The van der Waals surface area contributed by atoms with Gasteiger partial charge in [-0.3, -0.25) is 4.79 Å². The fourth-order valence-corrected chi connectivity index (χ4v) is 3.15. The van der Waals surface area contributed by atoms with E-state index < -0.39 is 17.9 Å². The van der Waals surface area contributed by atoms with Gasteiger partial charge in [-0.2, -0.15) is 0 Å². The first-order valence-electron chi connectivity index (χ1n) is 9.62. The summed E-state index contributed by atoms with van der Waals surface area (Å²) in [6.07, 6.45) is 3.21. The highest BCUT2D eigenvalue weighted by atomic mass is 19.1. The van der Waals surface area contributed by atoms with Crippen molar-refractivity contribution in [1.82, 2.24) is 14.9 Å². The predicted molar refractivity (Wildman–Crippen MR) is 109 cm³/mol. The third-order valence-corrected chi connectivity index (χ3v) is 4.75. The maximum absolute atomic E-state index is 14.9. The van der Waals surface area contributed by atoms with Crippen LogP contribution >= 0.6 is 0 Å². The summed E-state index contributed by atoms with van der Waals surface area (Å²) in [5.41, 5.74) is 11.0. The van der Waals surface area contributed by atoms with Crippen molar-refractivity contribution >= 4 is 18.0 Å². The van der Waals surface area contributed by atoms with Crippen LogP contribution in [0.3, 0.4) is 0 Å². The fourth-order valence-electron chi connectivity index (χ4n) is 3.15. The summed E-state index contributed by atoms with van der Waals surface area (Å²) < 4.78 is 25.5. The quantitative estimate of drug-likeness (QED) is 0.537. The molecule has 0 atom stereocenters. The molecule has 11 heteroatoms. The molecule has 1 aromatic heterocycles. The summed E-state index contributed by atoms with van der Waals surface area (Å²) in [6, 6.07) is 4.85. The Morgan fingerprint density at radius 2 is 1.90 bits per heavy atom. The van der Waals surface area contributed by atoms with Crippen molar-refractivity contribution in [2.75, 3.05) is 13.1 Å². The first-order chi connectivity index (χ1) is 14.8. The number of carbonyl (C=O) groups is 2. The van der Waals surface area contributed by atoms with E-state index in [-0.39, 0.29) is 35.8 Å². The van der Waals surface area contributed by atoms with Gasteiger partial charge < -0.3 is 25.8 Å². The lowest BCUT2D eigenvalue weighted by Gasteiger charge is -2.30. The largest absolute Gasteiger partial charge is 0.460 e. The van der Waals surface area contributed by atoms with Crippen molar-refractivity contribution in [3.63, 3.8) is 0 Å².